The van der Waals surface area contributed by atoms with E-state index in [1.165, 1.54) is 12.5 Å². The molecule has 1 aliphatic carbocycles. The predicted octanol–water partition coefficient (Wildman–Crippen LogP) is 1.60. The molecule has 1 aromatic rings. The minimum absolute atomic E-state index is 0.0758. The van der Waals surface area contributed by atoms with Gasteiger partial charge in [-0.25, -0.2) is 14.4 Å². The first kappa shape index (κ1) is 18.7. The summed E-state index contributed by atoms with van der Waals surface area (Å²) in [6.45, 7) is 0.0758. The lowest BCUT2D eigenvalue weighted by Gasteiger charge is -2.22. The first-order chi connectivity index (χ1) is 11.9. The Hall–Kier alpha value is -2.62. The molecule has 0 aliphatic heterocycles. The van der Waals surface area contributed by atoms with Crippen molar-refractivity contribution in [1.82, 2.24) is 10.6 Å². The molecule has 0 radical (unpaired) electrons. The van der Waals surface area contributed by atoms with Crippen LogP contribution in [0.3, 0.4) is 0 Å². The largest absolute Gasteiger partial charge is 0.478 e. The van der Waals surface area contributed by atoms with Crippen molar-refractivity contribution in [3.8, 4) is 0 Å². The monoisotopic (exact) mass is 369 g/mol. The van der Waals surface area contributed by atoms with Crippen molar-refractivity contribution in [2.24, 2.45) is 0 Å². The molecular formula is C15H19N3O6S. The van der Waals surface area contributed by atoms with Gasteiger partial charge in [0, 0.05) is 10.9 Å². The molecule has 0 saturated heterocycles. The number of amides is 3. The molecule has 10 heteroatoms. The molecule has 9 nitrogen and oxygen atoms in total. The van der Waals surface area contributed by atoms with Crippen LogP contribution in [0.2, 0.25) is 0 Å². The van der Waals surface area contributed by atoms with Gasteiger partial charge in [0.05, 0.1) is 12.1 Å². The number of carboxylic acid groups (broad SMARTS) is 2. The highest BCUT2D eigenvalue weighted by Crippen LogP contribution is 2.28. The second-order valence-corrected chi connectivity index (χ2v) is 6.82. The van der Waals surface area contributed by atoms with Gasteiger partial charge < -0.3 is 26.2 Å². The summed E-state index contributed by atoms with van der Waals surface area (Å²) in [5.74, 6) is -4.33. The second kappa shape index (κ2) is 8.47. The number of rotatable bonds is 5. The smallest absolute Gasteiger partial charge is 0.394 e. The lowest BCUT2D eigenvalue weighted by molar-refractivity contribution is -0.147. The van der Waals surface area contributed by atoms with Crippen molar-refractivity contribution >= 4 is 40.2 Å². The first-order valence-electron chi connectivity index (χ1n) is 7.81. The number of hydrogen-bond acceptors (Lipinski definition) is 5. The van der Waals surface area contributed by atoms with E-state index in [0.29, 0.717) is 4.88 Å². The summed E-state index contributed by atoms with van der Waals surface area (Å²) in [6.07, 6.45) is 5.24. The second-order valence-electron chi connectivity index (χ2n) is 5.68. The molecule has 0 spiro atoms. The van der Waals surface area contributed by atoms with E-state index in [1.807, 2.05) is 5.32 Å². The Morgan fingerprint density at radius 2 is 1.80 bits per heavy atom. The fourth-order valence-corrected chi connectivity index (χ4v) is 3.57. The summed E-state index contributed by atoms with van der Waals surface area (Å²) in [6, 6.07) is 1.11. The molecule has 0 atom stereocenters. The summed E-state index contributed by atoms with van der Waals surface area (Å²) >= 11 is 0.903. The number of thiophene rings is 1. The van der Waals surface area contributed by atoms with E-state index >= 15 is 0 Å². The van der Waals surface area contributed by atoms with Gasteiger partial charge in [-0.15, -0.1) is 11.3 Å². The number of aromatic carboxylic acids is 1. The molecule has 0 aromatic carbocycles. The van der Waals surface area contributed by atoms with Crippen molar-refractivity contribution in [2.45, 2.75) is 44.7 Å². The zero-order valence-electron chi connectivity index (χ0n) is 13.3. The van der Waals surface area contributed by atoms with E-state index in [0.717, 1.165) is 37.0 Å². The fourth-order valence-electron chi connectivity index (χ4n) is 2.59. The predicted molar refractivity (Wildman–Crippen MR) is 89.8 cm³/mol. The van der Waals surface area contributed by atoms with Gasteiger partial charge in [0.25, 0.3) is 0 Å². The number of carboxylic acids is 2. The van der Waals surface area contributed by atoms with Crippen molar-refractivity contribution in [1.29, 1.82) is 0 Å². The van der Waals surface area contributed by atoms with Crippen LogP contribution in [0.4, 0.5) is 9.80 Å². The van der Waals surface area contributed by atoms with E-state index in [2.05, 4.69) is 10.6 Å². The van der Waals surface area contributed by atoms with Crippen LogP contribution in [0.15, 0.2) is 6.07 Å². The van der Waals surface area contributed by atoms with Crippen LogP contribution in [0.25, 0.3) is 0 Å². The summed E-state index contributed by atoms with van der Waals surface area (Å²) in [7, 11) is 0. The van der Waals surface area contributed by atoms with Crippen LogP contribution in [-0.2, 0) is 16.1 Å². The Morgan fingerprint density at radius 1 is 1.12 bits per heavy atom. The highest BCUT2D eigenvalue weighted by Gasteiger charge is 2.21. The van der Waals surface area contributed by atoms with Crippen molar-refractivity contribution in [3.05, 3.63) is 16.5 Å². The Balaban J connectivity index is 1.94. The Morgan fingerprint density at radius 3 is 2.40 bits per heavy atom. The molecule has 136 valence electrons. The van der Waals surface area contributed by atoms with Gasteiger partial charge in [0.1, 0.15) is 5.00 Å². The molecule has 1 heterocycles. The van der Waals surface area contributed by atoms with Gasteiger partial charge in [-0.2, -0.15) is 0 Å². The number of carbonyl (C=O) groups excluding carboxylic acids is 2. The molecule has 25 heavy (non-hydrogen) atoms. The normalized spacial score (nSPS) is 14.6. The third kappa shape index (κ3) is 5.45. The summed E-state index contributed by atoms with van der Waals surface area (Å²) in [5, 5.41) is 25.2. The van der Waals surface area contributed by atoms with Crippen LogP contribution in [0, 0.1) is 0 Å². The molecule has 0 bridgehead atoms. The van der Waals surface area contributed by atoms with E-state index in [-0.39, 0.29) is 29.2 Å². The molecule has 2 rings (SSSR count). The standard InChI is InChI=1S/C15H19N3O6S/c19-11(14(22)23)18-12-10(13(20)21)6-9(25-12)7-16-15(24)17-8-4-2-1-3-5-8/h6,8H,1-5,7H2,(H,18,19)(H,20,21)(H,22,23)(H2,16,17,24). The summed E-state index contributed by atoms with van der Waals surface area (Å²) in [5.41, 5.74) is -0.218. The average molecular weight is 369 g/mol. The van der Waals surface area contributed by atoms with E-state index in [4.69, 9.17) is 10.2 Å². The quantitative estimate of drug-likeness (QED) is 0.499. The van der Waals surface area contributed by atoms with Crippen molar-refractivity contribution in [3.63, 3.8) is 0 Å². The maximum atomic E-state index is 11.9. The van der Waals surface area contributed by atoms with Gasteiger partial charge in [-0.05, 0) is 18.9 Å². The van der Waals surface area contributed by atoms with Crippen LogP contribution in [-0.4, -0.2) is 40.1 Å². The van der Waals surface area contributed by atoms with E-state index in [1.54, 1.807) is 0 Å². The zero-order valence-corrected chi connectivity index (χ0v) is 14.1. The summed E-state index contributed by atoms with van der Waals surface area (Å²) in [4.78, 5) is 45.4. The molecule has 1 saturated carbocycles. The van der Waals surface area contributed by atoms with Crippen LogP contribution in [0.1, 0.15) is 47.3 Å². The number of urea groups is 1. The van der Waals surface area contributed by atoms with Gasteiger partial charge in [-0.3, -0.25) is 4.79 Å². The van der Waals surface area contributed by atoms with Gasteiger partial charge in [-0.1, -0.05) is 19.3 Å². The minimum Gasteiger partial charge on any atom is -0.478 e. The summed E-state index contributed by atoms with van der Waals surface area (Å²) < 4.78 is 0. The average Bonchev–Trinajstić information content (AvgIpc) is 2.97. The van der Waals surface area contributed by atoms with Crippen LogP contribution < -0.4 is 16.0 Å². The molecule has 1 aromatic heterocycles. The molecule has 5 N–H and O–H groups in total. The molecular weight excluding hydrogens is 350 g/mol. The zero-order chi connectivity index (χ0) is 18.4. The number of nitrogens with one attached hydrogen (secondary N) is 3. The molecule has 1 aliphatic rings. The number of hydrogen-bond donors (Lipinski definition) is 5. The third-order valence-corrected chi connectivity index (χ3v) is 4.85. The Kier molecular flexibility index (Phi) is 6.34. The van der Waals surface area contributed by atoms with Crippen molar-refractivity contribution in [2.75, 3.05) is 5.32 Å². The lowest BCUT2D eigenvalue weighted by Crippen LogP contribution is -2.42. The molecule has 3 amide bonds. The maximum Gasteiger partial charge on any atom is 0.394 e. The van der Waals surface area contributed by atoms with Crippen LogP contribution >= 0.6 is 11.3 Å². The third-order valence-electron chi connectivity index (χ3n) is 3.80. The highest BCUT2D eigenvalue weighted by molar-refractivity contribution is 7.16. The molecule has 1 fully saturated rings. The lowest BCUT2D eigenvalue weighted by atomic mass is 9.96. The fraction of sp³-hybridized carbons (Fsp3) is 0.467. The maximum absolute atomic E-state index is 11.9. The number of anilines is 1. The minimum atomic E-state index is -1.71. The topological polar surface area (TPSA) is 145 Å². The number of carbonyl (C=O) groups is 4. The van der Waals surface area contributed by atoms with Crippen LogP contribution in [0.5, 0.6) is 0 Å². The molecule has 0 unspecified atom stereocenters. The van der Waals surface area contributed by atoms with Gasteiger partial charge >= 0.3 is 23.9 Å². The highest BCUT2D eigenvalue weighted by atomic mass is 32.1. The van der Waals surface area contributed by atoms with E-state index < -0.39 is 17.8 Å². The van der Waals surface area contributed by atoms with Crippen molar-refractivity contribution < 1.29 is 29.4 Å². The van der Waals surface area contributed by atoms with E-state index in [9.17, 15) is 19.2 Å². The van der Waals surface area contributed by atoms with Gasteiger partial charge in [0.2, 0.25) is 0 Å². The number of aliphatic carboxylic acids is 1. The Bertz CT molecular complexity index is 681. The SMILES string of the molecule is O=C(NCc1cc(C(=O)O)c(NC(=O)C(=O)O)s1)NC1CCCCC1. The van der Waals surface area contributed by atoms with Gasteiger partial charge in [0.15, 0.2) is 0 Å². The Labute approximate surface area is 147 Å². The first-order valence-corrected chi connectivity index (χ1v) is 8.63.